The Labute approximate surface area is 109 Å². The molecule has 100 valence electrons. The lowest BCUT2D eigenvalue weighted by atomic mass is 10.0. The average Bonchev–Trinajstić information content (AvgIpc) is 2.96. The molecule has 1 N–H and O–H groups in total. The van der Waals surface area contributed by atoms with Crippen molar-refractivity contribution in [2.45, 2.75) is 12.5 Å². The maximum atomic E-state index is 13.8. The van der Waals surface area contributed by atoms with Gasteiger partial charge in [-0.3, -0.25) is 0 Å². The summed E-state index contributed by atoms with van der Waals surface area (Å²) < 4.78 is 23.9. The highest BCUT2D eigenvalue weighted by molar-refractivity contribution is 5.55. The molecule has 0 aliphatic carbocycles. The minimum atomic E-state index is -0.223. The summed E-state index contributed by atoms with van der Waals surface area (Å²) in [4.78, 5) is 3.96. The van der Waals surface area contributed by atoms with Crippen molar-refractivity contribution in [3.63, 3.8) is 0 Å². The Morgan fingerprint density at radius 1 is 1.42 bits per heavy atom. The average molecular weight is 263 g/mol. The highest BCUT2D eigenvalue weighted by atomic mass is 19.1. The predicted molar refractivity (Wildman–Crippen MR) is 66.0 cm³/mol. The van der Waals surface area contributed by atoms with Crippen LogP contribution < -0.4 is 5.32 Å². The third kappa shape index (κ3) is 2.80. The van der Waals surface area contributed by atoms with Gasteiger partial charge in [-0.1, -0.05) is 5.16 Å². The van der Waals surface area contributed by atoms with Crippen molar-refractivity contribution in [3.05, 3.63) is 36.0 Å². The van der Waals surface area contributed by atoms with Crippen LogP contribution >= 0.6 is 0 Å². The molecular formula is C13H14FN3O2. The van der Waals surface area contributed by atoms with E-state index in [2.05, 4.69) is 15.5 Å². The Morgan fingerprint density at radius 2 is 2.37 bits per heavy atom. The monoisotopic (exact) mass is 263 g/mol. The standard InChI is InChI=1S/C13H14FN3O2/c14-12-2-1-9(13-16-8-19-17-13)5-10(12)6-11-7-18-4-3-15-11/h1-2,5,8,11,15H,3-4,6-7H2/t11-/m1/s1. The van der Waals surface area contributed by atoms with E-state index in [0.29, 0.717) is 31.0 Å². The molecule has 3 rings (SSSR count). The van der Waals surface area contributed by atoms with Crippen LogP contribution in [-0.4, -0.2) is 35.9 Å². The fraction of sp³-hybridized carbons (Fsp3) is 0.385. The summed E-state index contributed by atoms with van der Waals surface area (Å²) in [7, 11) is 0. The van der Waals surface area contributed by atoms with Crippen molar-refractivity contribution < 1.29 is 13.7 Å². The van der Waals surface area contributed by atoms with Gasteiger partial charge in [0.1, 0.15) is 5.82 Å². The second-order valence-corrected chi connectivity index (χ2v) is 4.49. The number of ether oxygens (including phenoxy) is 1. The van der Waals surface area contributed by atoms with Crippen LogP contribution in [-0.2, 0) is 11.2 Å². The molecule has 1 aliphatic rings. The molecule has 1 fully saturated rings. The molecule has 6 heteroatoms. The summed E-state index contributed by atoms with van der Waals surface area (Å²) >= 11 is 0. The lowest BCUT2D eigenvalue weighted by Crippen LogP contribution is -2.42. The number of aromatic nitrogens is 2. The second-order valence-electron chi connectivity index (χ2n) is 4.49. The summed E-state index contributed by atoms with van der Waals surface area (Å²) in [5.74, 6) is 0.244. The molecule has 0 saturated carbocycles. The third-order valence-electron chi connectivity index (χ3n) is 3.13. The van der Waals surface area contributed by atoms with E-state index in [9.17, 15) is 4.39 Å². The largest absolute Gasteiger partial charge is 0.379 e. The molecule has 0 unspecified atom stereocenters. The highest BCUT2D eigenvalue weighted by Crippen LogP contribution is 2.20. The molecule has 0 bridgehead atoms. The molecule has 1 saturated heterocycles. The number of benzene rings is 1. The van der Waals surface area contributed by atoms with Crippen LogP contribution in [0.4, 0.5) is 4.39 Å². The minimum Gasteiger partial charge on any atom is -0.379 e. The molecule has 2 heterocycles. The Hall–Kier alpha value is -1.79. The minimum absolute atomic E-state index is 0.142. The molecule has 1 atom stereocenters. The topological polar surface area (TPSA) is 60.2 Å². The van der Waals surface area contributed by atoms with Crippen molar-refractivity contribution in [3.8, 4) is 11.4 Å². The summed E-state index contributed by atoms with van der Waals surface area (Å²) in [6.45, 7) is 2.12. The van der Waals surface area contributed by atoms with Crippen molar-refractivity contribution >= 4 is 0 Å². The maximum Gasteiger partial charge on any atom is 0.214 e. The highest BCUT2D eigenvalue weighted by Gasteiger charge is 2.16. The van der Waals surface area contributed by atoms with Crippen LogP contribution in [0.15, 0.2) is 29.1 Å². The van der Waals surface area contributed by atoms with Gasteiger partial charge in [-0.05, 0) is 30.2 Å². The molecule has 2 aromatic rings. The first-order valence-corrected chi connectivity index (χ1v) is 6.19. The lowest BCUT2D eigenvalue weighted by Gasteiger charge is -2.24. The molecule has 1 aromatic carbocycles. The number of rotatable bonds is 3. The number of nitrogens with zero attached hydrogens (tertiary/aromatic N) is 2. The van der Waals surface area contributed by atoms with Crippen LogP contribution in [0.1, 0.15) is 5.56 Å². The zero-order valence-electron chi connectivity index (χ0n) is 10.3. The normalized spacial score (nSPS) is 19.5. The Bertz CT molecular complexity index is 539. The predicted octanol–water partition coefficient (Wildman–Crippen LogP) is 1.41. The summed E-state index contributed by atoms with van der Waals surface area (Å²) in [5.41, 5.74) is 1.38. The van der Waals surface area contributed by atoms with Crippen LogP contribution in [0.5, 0.6) is 0 Å². The first kappa shape index (κ1) is 12.3. The first-order valence-electron chi connectivity index (χ1n) is 6.19. The van der Waals surface area contributed by atoms with Crippen molar-refractivity contribution in [1.82, 2.24) is 15.5 Å². The van der Waals surface area contributed by atoms with Gasteiger partial charge in [-0.15, -0.1) is 0 Å². The molecule has 0 amide bonds. The van der Waals surface area contributed by atoms with Gasteiger partial charge in [0, 0.05) is 18.2 Å². The Kier molecular flexibility index (Phi) is 3.52. The fourth-order valence-corrected chi connectivity index (χ4v) is 2.18. The molecule has 0 spiro atoms. The fourth-order valence-electron chi connectivity index (χ4n) is 2.18. The van der Waals surface area contributed by atoms with Gasteiger partial charge in [0.2, 0.25) is 12.2 Å². The van der Waals surface area contributed by atoms with Gasteiger partial charge in [0.25, 0.3) is 0 Å². The van der Waals surface area contributed by atoms with Gasteiger partial charge in [-0.25, -0.2) is 4.39 Å². The van der Waals surface area contributed by atoms with Crippen LogP contribution in [0, 0.1) is 5.82 Å². The molecule has 0 radical (unpaired) electrons. The van der Waals surface area contributed by atoms with Gasteiger partial charge in [0.05, 0.1) is 13.2 Å². The number of hydrogen-bond acceptors (Lipinski definition) is 5. The Balaban J connectivity index is 1.81. The first-order chi connectivity index (χ1) is 9.33. The Morgan fingerprint density at radius 3 is 3.11 bits per heavy atom. The van der Waals surface area contributed by atoms with Crippen molar-refractivity contribution in [1.29, 1.82) is 0 Å². The van der Waals surface area contributed by atoms with E-state index in [4.69, 9.17) is 9.26 Å². The number of morpholine rings is 1. The van der Waals surface area contributed by atoms with Crippen LogP contribution in [0.3, 0.4) is 0 Å². The smallest absolute Gasteiger partial charge is 0.214 e. The van der Waals surface area contributed by atoms with E-state index < -0.39 is 0 Å². The van der Waals surface area contributed by atoms with Crippen LogP contribution in [0.2, 0.25) is 0 Å². The zero-order valence-corrected chi connectivity index (χ0v) is 10.3. The van der Waals surface area contributed by atoms with Crippen molar-refractivity contribution in [2.75, 3.05) is 19.8 Å². The SMILES string of the molecule is Fc1ccc(-c2ncon2)cc1C[C@@H]1COCCN1. The van der Waals surface area contributed by atoms with Gasteiger partial charge >= 0.3 is 0 Å². The van der Waals surface area contributed by atoms with Crippen LogP contribution in [0.25, 0.3) is 11.4 Å². The number of nitrogens with one attached hydrogen (secondary N) is 1. The van der Waals surface area contributed by atoms with E-state index in [-0.39, 0.29) is 11.9 Å². The van der Waals surface area contributed by atoms with E-state index in [1.807, 2.05) is 0 Å². The van der Waals surface area contributed by atoms with E-state index in [0.717, 1.165) is 12.1 Å². The van der Waals surface area contributed by atoms with Gasteiger partial charge < -0.3 is 14.6 Å². The van der Waals surface area contributed by atoms with E-state index in [1.165, 1.54) is 12.5 Å². The molecule has 19 heavy (non-hydrogen) atoms. The van der Waals surface area contributed by atoms with Gasteiger partial charge in [0.15, 0.2) is 0 Å². The lowest BCUT2D eigenvalue weighted by molar-refractivity contribution is 0.0767. The van der Waals surface area contributed by atoms with Gasteiger partial charge in [-0.2, -0.15) is 4.98 Å². The second kappa shape index (κ2) is 5.46. The van der Waals surface area contributed by atoms with E-state index in [1.54, 1.807) is 12.1 Å². The molecule has 5 nitrogen and oxygen atoms in total. The zero-order chi connectivity index (χ0) is 13.1. The van der Waals surface area contributed by atoms with Crippen molar-refractivity contribution in [2.24, 2.45) is 0 Å². The quantitative estimate of drug-likeness (QED) is 0.907. The third-order valence-corrected chi connectivity index (χ3v) is 3.13. The maximum absolute atomic E-state index is 13.8. The molecular weight excluding hydrogens is 249 g/mol. The number of hydrogen-bond donors (Lipinski definition) is 1. The molecule has 1 aliphatic heterocycles. The van der Waals surface area contributed by atoms with E-state index >= 15 is 0 Å². The molecule has 1 aromatic heterocycles. The summed E-state index contributed by atoms with van der Waals surface area (Å²) in [6, 6.07) is 4.99. The summed E-state index contributed by atoms with van der Waals surface area (Å²) in [5, 5.41) is 7.06. The number of halogens is 1. The summed E-state index contributed by atoms with van der Waals surface area (Å²) in [6.07, 6.45) is 1.84.